The average Bonchev–Trinajstić information content (AvgIpc) is 3.67. The molecule has 2 aromatic rings. The van der Waals surface area contributed by atoms with Crippen LogP contribution in [0.1, 0.15) is 62.8 Å². The predicted molar refractivity (Wildman–Crippen MR) is 151 cm³/mol. The fourth-order valence-electron chi connectivity index (χ4n) is 4.23. The number of para-hydroxylation sites is 2. The summed E-state index contributed by atoms with van der Waals surface area (Å²) in [6, 6.07) is 10.4. The molecule has 2 aromatic carbocycles. The van der Waals surface area contributed by atoms with Gasteiger partial charge in [0.1, 0.15) is 23.4 Å². The van der Waals surface area contributed by atoms with Crippen LogP contribution < -0.4 is 10.6 Å². The minimum atomic E-state index is -1.09. The lowest BCUT2D eigenvalue weighted by atomic mass is 9.98. The molecule has 0 radical (unpaired) electrons. The van der Waals surface area contributed by atoms with E-state index in [-0.39, 0.29) is 17.7 Å². The number of nitrogens with one attached hydrogen (secondary N) is 2. The molecule has 0 bridgehead atoms. The van der Waals surface area contributed by atoms with Gasteiger partial charge >= 0.3 is 6.09 Å². The molecule has 38 heavy (non-hydrogen) atoms. The van der Waals surface area contributed by atoms with Gasteiger partial charge < -0.3 is 25.4 Å². The molecule has 3 amide bonds. The number of aromatic hydroxyl groups is 1. The summed E-state index contributed by atoms with van der Waals surface area (Å²) < 4.78 is 5.43. The van der Waals surface area contributed by atoms with E-state index in [1.165, 1.54) is 0 Å². The highest BCUT2D eigenvalue weighted by molar-refractivity contribution is 7.98. The van der Waals surface area contributed by atoms with E-state index in [9.17, 15) is 19.5 Å². The number of thioether (sulfide) groups is 1. The summed E-state index contributed by atoms with van der Waals surface area (Å²) >= 11 is 1.56. The van der Waals surface area contributed by atoms with Gasteiger partial charge in [-0.25, -0.2) is 4.79 Å². The number of nitrogens with zero attached hydrogens (tertiary/aromatic N) is 1. The Morgan fingerprint density at radius 2 is 1.74 bits per heavy atom. The SMILES string of the molecule is CSCCC(NC(=O)OC(C)(C)C)C(=O)N(C1CC1)C(C(=O)Nc1ccccc1C)c1cccc(C)c1O. The minimum absolute atomic E-state index is 0.0309. The Hall–Kier alpha value is -3.20. The number of aryl methyl sites for hydroxylation is 2. The summed E-state index contributed by atoms with van der Waals surface area (Å²) in [5, 5.41) is 16.7. The van der Waals surface area contributed by atoms with Crippen LogP contribution in [0, 0.1) is 13.8 Å². The molecular formula is C29H39N3O5S. The maximum Gasteiger partial charge on any atom is 0.408 e. The second kappa shape index (κ2) is 12.6. The number of anilines is 1. The Labute approximate surface area is 229 Å². The standard InChI is InChI=1S/C29H39N3O5S/c1-18-10-7-8-13-22(18)30-26(34)24(21-12-9-11-19(2)25(21)33)32(20-14-15-20)27(35)23(16-17-38-6)31-28(36)37-29(3,4)5/h7-13,20,23-24,33H,14-17H2,1-6H3,(H,30,34)(H,31,36). The molecule has 1 aliphatic carbocycles. The average molecular weight is 542 g/mol. The molecule has 0 spiro atoms. The number of phenolic OH excluding ortho intramolecular Hbond substituents is 1. The molecule has 1 saturated carbocycles. The van der Waals surface area contributed by atoms with Gasteiger partial charge in [-0.2, -0.15) is 11.8 Å². The van der Waals surface area contributed by atoms with Crippen LogP contribution in [0.2, 0.25) is 0 Å². The lowest BCUT2D eigenvalue weighted by molar-refractivity contribution is -0.141. The van der Waals surface area contributed by atoms with Crippen molar-refractivity contribution in [3.8, 4) is 5.75 Å². The molecule has 206 valence electrons. The number of carbonyl (C=O) groups excluding carboxylic acids is 3. The third-order valence-electron chi connectivity index (χ3n) is 6.29. The van der Waals surface area contributed by atoms with Crippen molar-refractivity contribution in [2.45, 2.75) is 77.6 Å². The zero-order chi connectivity index (χ0) is 28.0. The summed E-state index contributed by atoms with van der Waals surface area (Å²) in [5.74, 6) is -0.211. The van der Waals surface area contributed by atoms with Gasteiger partial charge in [-0.05, 0) is 83.1 Å². The predicted octanol–water partition coefficient (Wildman–Crippen LogP) is 5.33. The van der Waals surface area contributed by atoms with Crippen LogP contribution in [0.3, 0.4) is 0 Å². The molecule has 8 nitrogen and oxygen atoms in total. The number of alkyl carbamates (subject to hydrolysis) is 1. The zero-order valence-electron chi connectivity index (χ0n) is 23.0. The quantitative estimate of drug-likeness (QED) is 0.375. The largest absolute Gasteiger partial charge is 0.507 e. The number of hydrogen-bond donors (Lipinski definition) is 3. The monoisotopic (exact) mass is 541 g/mol. The number of hydrogen-bond acceptors (Lipinski definition) is 6. The van der Waals surface area contributed by atoms with Crippen LogP contribution in [0.4, 0.5) is 10.5 Å². The van der Waals surface area contributed by atoms with E-state index in [1.54, 1.807) is 68.6 Å². The first kappa shape index (κ1) is 29.4. The molecule has 0 saturated heterocycles. The lowest BCUT2D eigenvalue weighted by Gasteiger charge is -2.35. The van der Waals surface area contributed by atoms with E-state index in [2.05, 4.69) is 10.6 Å². The zero-order valence-corrected chi connectivity index (χ0v) is 23.9. The highest BCUT2D eigenvalue weighted by Gasteiger charge is 2.45. The van der Waals surface area contributed by atoms with E-state index in [0.29, 0.717) is 29.0 Å². The van der Waals surface area contributed by atoms with Crippen molar-refractivity contribution in [3.63, 3.8) is 0 Å². The van der Waals surface area contributed by atoms with Gasteiger partial charge in [0, 0.05) is 17.3 Å². The molecular weight excluding hydrogens is 502 g/mol. The Morgan fingerprint density at radius 1 is 1.08 bits per heavy atom. The molecule has 2 atom stereocenters. The molecule has 0 aliphatic heterocycles. The van der Waals surface area contributed by atoms with Crippen molar-refractivity contribution < 1.29 is 24.2 Å². The van der Waals surface area contributed by atoms with E-state index < -0.39 is 29.7 Å². The third kappa shape index (κ3) is 7.66. The van der Waals surface area contributed by atoms with Gasteiger partial charge in [0.15, 0.2) is 0 Å². The number of amides is 3. The molecule has 2 unspecified atom stereocenters. The van der Waals surface area contributed by atoms with Crippen LogP contribution in [-0.2, 0) is 14.3 Å². The minimum Gasteiger partial charge on any atom is -0.507 e. The van der Waals surface area contributed by atoms with Crippen LogP contribution in [0.25, 0.3) is 0 Å². The molecule has 3 N–H and O–H groups in total. The number of ether oxygens (including phenoxy) is 1. The first-order chi connectivity index (χ1) is 17.9. The highest BCUT2D eigenvalue weighted by atomic mass is 32.2. The second-order valence-electron chi connectivity index (χ2n) is 10.7. The molecule has 1 fully saturated rings. The van der Waals surface area contributed by atoms with Crippen LogP contribution in [0.5, 0.6) is 5.75 Å². The maximum atomic E-state index is 14.2. The van der Waals surface area contributed by atoms with Crippen molar-refractivity contribution in [3.05, 3.63) is 59.2 Å². The van der Waals surface area contributed by atoms with Crippen LogP contribution >= 0.6 is 11.8 Å². The van der Waals surface area contributed by atoms with E-state index in [1.807, 2.05) is 31.4 Å². The van der Waals surface area contributed by atoms with Crippen LogP contribution in [0.15, 0.2) is 42.5 Å². The Balaban J connectivity index is 2.02. The van der Waals surface area contributed by atoms with E-state index in [0.717, 1.165) is 18.4 Å². The van der Waals surface area contributed by atoms with Crippen molar-refractivity contribution in [1.29, 1.82) is 0 Å². The molecule has 1 aliphatic rings. The number of benzene rings is 2. The number of rotatable bonds is 10. The van der Waals surface area contributed by atoms with Gasteiger partial charge in [0.2, 0.25) is 5.91 Å². The summed E-state index contributed by atoms with van der Waals surface area (Å²) in [7, 11) is 0. The topological polar surface area (TPSA) is 108 Å². The Kier molecular flexibility index (Phi) is 9.71. The highest BCUT2D eigenvalue weighted by Crippen LogP contribution is 2.40. The fraction of sp³-hybridized carbons (Fsp3) is 0.483. The van der Waals surface area contributed by atoms with Gasteiger partial charge in [0.25, 0.3) is 5.91 Å². The fourth-order valence-corrected chi connectivity index (χ4v) is 4.70. The lowest BCUT2D eigenvalue weighted by Crippen LogP contribution is -2.53. The number of phenols is 1. The summed E-state index contributed by atoms with van der Waals surface area (Å²) in [4.78, 5) is 42.3. The van der Waals surface area contributed by atoms with Crippen LogP contribution in [-0.4, -0.2) is 57.6 Å². The van der Waals surface area contributed by atoms with Crippen molar-refractivity contribution in [1.82, 2.24) is 10.2 Å². The summed E-state index contributed by atoms with van der Waals surface area (Å²) in [6.07, 6.45) is 3.07. The second-order valence-corrected chi connectivity index (χ2v) is 11.7. The maximum absolute atomic E-state index is 14.2. The number of carbonyl (C=O) groups is 3. The third-order valence-corrected chi connectivity index (χ3v) is 6.93. The van der Waals surface area contributed by atoms with Gasteiger partial charge in [-0.1, -0.05) is 36.4 Å². The first-order valence-corrected chi connectivity index (χ1v) is 14.3. The summed E-state index contributed by atoms with van der Waals surface area (Å²) in [6.45, 7) is 8.92. The van der Waals surface area contributed by atoms with Crippen molar-refractivity contribution >= 4 is 35.4 Å². The normalized spacial score (nSPS) is 14.8. The van der Waals surface area contributed by atoms with Crippen molar-refractivity contribution in [2.24, 2.45) is 0 Å². The molecule has 0 heterocycles. The molecule has 9 heteroatoms. The van der Waals surface area contributed by atoms with Gasteiger partial charge in [-0.3, -0.25) is 9.59 Å². The van der Waals surface area contributed by atoms with E-state index >= 15 is 0 Å². The van der Waals surface area contributed by atoms with Crippen molar-refractivity contribution in [2.75, 3.05) is 17.3 Å². The molecule has 0 aromatic heterocycles. The smallest absolute Gasteiger partial charge is 0.408 e. The van der Waals surface area contributed by atoms with E-state index in [4.69, 9.17) is 4.74 Å². The first-order valence-electron chi connectivity index (χ1n) is 12.9. The van der Waals surface area contributed by atoms with Gasteiger partial charge in [0.05, 0.1) is 0 Å². The summed E-state index contributed by atoms with van der Waals surface area (Å²) in [5.41, 5.74) is 1.73. The Morgan fingerprint density at radius 3 is 2.34 bits per heavy atom. The van der Waals surface area contributed by atoms with Gasteiger partial charge in [-0.15, -0.1) is 0 Å². The Bertz CT molecular complexity index is 1160. The molecule has 3 rings (SSSR count).